The first-order chi connectivity index (χ1) is 16.9. The van der Waals surface area contributed by atoms with Gasteiger partial charge in [-0.1, -0.05) is 124 Å². The molecule has 0 bridgehead atoms. The van der Waals surface area contributed by atoms with Gasteiger partial charge in [-0.2, -0.15) is 0 Å². The van der Waals surface area contributed by atoms with Gasteiger partial charge in [0.1, 0.15) is 0 Å². The molecule has 0 aromatic heterocycles. The van der Waals surface area contributed by atoms with E-state index in [1.54, 1.807) is 0 Å². The number of hydrogen-bond donors (Lipinski definition) is 0. The molecule has 0 heterocycles. The summed E-state index contributed by atoms with van der Waals surface area (Å²) in [6.07, 6.45) is 21.9. The molecule has 35 heavy (non-hydrogen) atoms. The Bertz CT molecular complexity index is 528. The first-order valence-corrected chi connectivity index (χ1v) is 15.2. The lowest BCUT2D eigenvalue weighted by Gasteiger charge is -2.28. The molecule has 0 spiro atoms. The normalized spacial score (nSPS) is 18.2. The fourth-order valence-electron chi connectivity index (χ4n) is 5.15. The molecule has 1 aliphatic carbocycles. The zero-order valence-electron chi connectivity index (χ0n) is 23.8. The molecule has 4 heteroatoms. The lowest BCUT2D eigenvalue weighted by molar-refractivity contribution is -0.163. The second-order valence-electron chi connectivity index (χ2n) is 11.8. The van der Waals surface area contributed by atoms with Crippen LogP contribution >= 0.6 is 0 Å². The second kappa shape index (κ2) is 21.1. The minimum Gasteiger partial charge on any atom is -0.465 e. The van der Waals surface area contributed by atoms with Gasteiger partial charge in [-0.05, 0) is 37.5 Å². The third-order valence-corrected chi connectivity index (χ3v) is 7.46. The summed E-state index contributed by atoms with van der Waals surface area (Å²) >= 11 is 0. The average molecular weight is 495 g/mol. The summed E-state index contributed by atoms with van der Waals surface area (Å²) in [6.45, 7) is 10.1. The Labute approximate surface area is 217 Å². The lowest BCUT2D eigenvalue weighted by Crippen LogP contribution is -2.35. The molecule has 1 fully saturated rings. The van der Waals surface area contributed by atoms with Crippen LogP contribution in [0.15, 0.2) is 0 Å². The van der Waals surface area contributed by atoms with Crippen molar-refractivity contribution in [2.75, 3.05) is 13.2 Å². The number of carbonyl (C=O) groups excluding carboxylic acids is 2. The Kier molecular flexibility index (Phi) is 19.2. The zero-order chi connectivity index (χ0) is 25.7. The Hall–Kier alpha value is -1.06. The number of esters is 2. The summed E-state index contributed by atoms with van der Waals surface area (Å²) in [6, 6.07) is 0. The minimum atomic E-state index is -0.307. The average Bonchev–Trinajstić information content (AvgIpc) is 2.83. The Balaban J connectivity index is 2.11. The molecular weight excluding hydrogens is 436 g/mol. The molecule has 2 unspecified atom stereocenters. The van der Waals surface area contributed by atoms with Crippen molar-refractivity contribution in [2.24, 2.45) is 23.7 Å². The smallest absolute Gasteiger partial charge is 0.309 e. The highest BCUT2D eigenvalue weighted by atomic mass is 16.5. The van der Waals surface area contributed by atoms with E-state index in [2.05, 4.69) is 27.7 Å². The van der Waals surface area contributed by atoms with Gasteiger partial charge in [0, 0.05) is 0 Å². The molecule has 1 aliphatic rings. The van der Waals surface area contributed by atoms with E-state index in [-0.39, 0.29) is 23.8 Å². The van der Waals surface area contributed by atoms with Gasteiger partial charge in [0.15, 0.2) is 0 Å². The van der Waals surface area contributed by atoms with Crippen LogP contribution in [0.3, 0.4) is 0 Å². The van der Waals surface area contributed by atoms with Gasteiger partial charge in [0.2, 0.25) is 0 Å². The molecule has 0 amide bonds. The lowest BCUT2D eigenvalue weighted by atomic mass is 9.79. The maximum atomic E-state index is 12.7. The minimum absolute atomic E-state index is 0.179. The van der Waals surface area contributed by atoms with Crippen molar-refractivity contribution in [1.29, 1.82) is 0 Å². The number of unbranched alkanes of at least 4 members (excludes halogenated alkanes) is 11. The van der Waals surface area contributed by atoms with Crippen molar-refractivity contribution >= 4 is 11.9 Å². The van der Waals surface area contributed by atoms with Gasteiger partial charge in [0.25, 0.3) is 0 Å². The van der Waals surface area contributed by atoms with Crippen molar-refractivity contribution in [3.05, 3.63) is 0 Å². The highest BCUT2D eigenvalue weighted by Crippen LogP contribution is 2.32. The molecule has 4 nitrogen and oxygen atoms in total. The molecule has 1 rings (SSSR count). The molecule has 0 radical (unpaired) electrons. The Morgan fingerprint density at radius 2 is 0.857 bits per heavy atom. The molecule has 206 valence electrons. The number of rotatable bonds is 21. The quantitative estimate of drug-likeness (QED) is 0.118. The fraction of sp³-hybridized carbons (Fsp3) is 0.935. The first-order valence-electron chi connectivity index (χ1n) is 15.2. The van der Waals surface area contributed by atoms with E-state index in [9.17, 15) is 9.59 Å². The first kappa shape index (κ1) is 32.0. The standard InChI is InChI=1S/C31H58O4/c1-26(2)20-14-10-7-5-6-8-12-18-24-34-30(32)28-22-16-17-23-29(28)31(33)35-25-19-13-9-11-15-21-27(3)4/h26-29H,5-25H2,1-4H3. The summed E-state index contributed by atoms with van der Waals surface area (Å²) < 4.78 is 11.2. The van der Waals surface area contributed by atoms with Gasteiger partial charge in [-0.15, -0.1) is 0 Å². The van der Waals surface area contributed by atoms with Crippen LogP contribution in [0.1, 0.15) is 150 Å². The zero-order valence-corrected chi connectivity index (χ0v) is 23.8. The molecule has 0 N–H and O–H groups in total. The van der Waals surface area contributed by atoms with E-state index >= 15 is 0 Å². The summed E-state index contributed by atoms with van der Waals surface area (Å²) in [5.74, 6) is 0.634. The van der Waals surface area contributed by atoms with E-state index in [0.717, 1.165) is 63.2 Å². The van der Waals surface area contributed by atoms with Crippen LogP contribution in [0.5, 0.6) is 0 Å². The van der Waals surface area contributed by atoms with Crippen molar-refractivity contribution in [2.45, 2.75) is 150 Å². The van der Waals surface area contributed by atoms with Gasteiger partial charge >= 0.3 is 11.9 Å². The molecule has 1 saturated carbocycles. The van der Waals surface area contributed by atoms with Crippen molar-refractivity contribution < 1.29 is 19.1 Å². The summed E-state index contributed by atoms with van der Waals surface area (Å²) in [4.78, 5) is 25.4. The second-order valence-corrected chi connectivity index (χ2v) is 11.8. The summed E-state index contributed by atoms with van der Waals surface area (Å²) in [5, 5.41) is 0. The number of ether oxygens (including phenoxy) is 2. The highest BCUT2D eigenvalue weighted by molar-refractivity contribution is 5.82. The van der Waals surface area contributed by atoms with Crippen LogP contribution in [0.25, 0.3) is 0 Å². The molecule has 0 aromatic carbocycles. The molecule has 0 saturated heterocycles. The predicted octanol–water partition coefficient (Wildman–Crippen LogP) is 9.04. The SMILES string of the molecule is CC(C)CCCCCCCCCCOC(=O)C1CCCCC1C(=O)OCCCCCCCC(C)C. The molecule has 2 atom stereocenters. The van der Waals surface area contributed by atoms with Crippen LogP contribution in [0, 0.1) is 23.7 Å². The van der Waals surface area contributed by atoms with Crippen LogP contribution in [0.2, 0.25) is 0 Å². The summed E-state index contributed by atoms with van der Waals surface area (Å²) in [7, 11) is 0. The maximum absolute atomic E-state index is 12.7. The number of carbonyl (C=O) groups is 2. The Morgan fingerprint density at radius 3 is 1.20 bits per heavy atom. The number of hydrogen-bond acceptors (Lipinski definition) is 4. The monoisotopic (exact) mass is 494 g/mol. The molecular formula is C31H58O4. The largest absolute Gasteiger partial charge is 0.465 e. The Morgan fingerprint density at radius 1 is 0.543 bits per heavy atom. The van der Waals surface area contributed by atoms with Gasteiger partial charge in [-0.3, -0.25) is 9.59 Å². The van der Waals surface area contributed by atoms with E-state index in [1.165, 1.54) is 70.6 Å². The third-order valence-electron chi connectivity index (χ3n) is 7.46. The van der Waals surface area contributed by atoms with E-state index in [0.29, 0.717) is 13.2 Å². The van der Waals surface area contributed by atoms with Gasteiger partial charge in [0.05, 0.1) is 25.0 Å². The highest BCUT2D eigenvalue weighted by Gasteiger charge is 2.37. The van der Waals surface area contributed by atoms with E-state index in [4.69, 9.17) is 9.47 Å². The predicted molar refractivity (Wildman–Crippen MR) is 146 cm³/mol. The van der Waals surface area contributed by atoms with Crippen molar-refractivity contribution in [3.8, 4) is 0 Å². The van der Waals surface area contributed by atoms with Crippen LogP contribution in [0.4, 0.5) is 0 Å². The van der Waals surface area contributed by atoms with Gasteiger partial charge in [-0.25, -0.2) is 0 Å². The van der Waals surface area contributed by atoms with Crippen LogP contribution in [-0.4, -0.2) is 25.2 Å². The topological polar surface area (TPSA) is 52.6 Å². The van der Waals surface area contributed by atoms with E-state index in [1.807, 2.05) is 0 Å². The van der Waals surface area contributed by atoms with Gasteiger partial charge < -0.3 is 9.47 Å². The van der Waals surface area contributed by atoms with Crippen LogP contribution in [-0.2, 0) is 19.1 Å². The van der Waals surface area contributed by atoms with Crippen molar-refractivity contribution in [3.63, 3.8) is 0 Å². The molecule has 0 aliphatic heterocycles. The molecule has 0 aromatic rings. The van der Waals surface area contributed by atoms with Crippen LogP contribution < -0.4 is 0 Å². The van der Waals surface area contributed by atoms with Crippen molar-refractivity contribution in [1.82, 2.24) is 0 Å². The summed E-state index contributed by atoms with van der Waals surface area (Å²) in [5.41, 5.74) is 0. The third kappa shape index (κ3) is 17.1. The van der Waals surface area contributed by atoms with E-state index < -0.39 is 0 Å². The fourth-order valence-corrected chi connectivity index (χ4v) is 5.15. The maximum Gasteiger partial charge on any atom is 0.309 e.